The van der Waals surface area contributed by atoms with Gasteiger partial charge in [-0.25, -0.2) is 0 Å². The largest absolute Gasteiger partial charge is 0.411 e. The fourth-order valence-electron chi connectivity index (χ4n) is 2.76. The van der Waals surface area contributed by atoms with Crippen LogP contribution in [0.4, 0.5) is 0 Å². The molecule has 13 heavy (non-hydrogen) atoms. The summed E-state index contributed by atoms with van der Waals surface area (Å²) in [7, 11) is 0. The maximum Gasteiger partial charge on any atom is 0.0657 e. The van der Waals surface area contributed by atoms with Gasteiger partial charge in [-0.1, -0.05) is 12.1 Å². The Bertz CT molecular complexity index is 199. The van der Waals surface area contributed by atoms with Gasteiger partial charge in [0.25, 0.3) is 0 Å². The fraction of sp³-hybridized carbons (Fsp3) is 0.900. The van der Waals surface area contributed by atoms with Crippen LogP contribution in [0, 0.1) is 11.8 Å². The molecule has 1 heterocycles. The normalized spacial score (nSPS) is 33.8. The number of fused-ring (bicyclic) bond motifs is 2. The van der Waals surface area contributed by atoms with Gasteiger partial charge in [-0.2, -0.15) is 0 Å². The van der Waals surface area contributed by atoms with Gasteiger partial charge in [0.2, 0.25) is 0 Å². The van der Waals surface area contributed by atoms with Gasteiger partial charge in [-0.15, -0.1) is 0 Å². The lowest BCUT2D eigenvalue weighted by molar-refractivity contribution is 0.227. The molecule has 0 spiro atoms. The molecule has 0 aromatic rings. The third-order valence-corrected chi connectivity index (χ3v) is 3.31. The maximum atomic E-state index is 8.86. The summed E-state index contributed by atoms with van der Waals surface area (Å²) in [5, 5.41) is 12.3. The highest BCUT2D eigenvalue weighted by Crippen LogP contribution is 2.34. The van der Waals surface area contributed by atoms with Crippen molar-refractivity contribution in [2.75, 3.05) is 19.6 Å². The molecule has 2 unspecified atom stereocenters. The van der Waals surface area contributed by atoms with Crippen molar-refractivity contribution in [1.82, 2.24) is 4.90 Å². The Kier molecular flexibility index (Phi) is 2.54. The van der Waals surface area contributed by atoms with Crippen molar-refractivity contribution in [3.8, 4) is 0 Å². The van der Waals surface area contributed by atoms with Crippen LogP contribution in [-0.4, -0.2) is 35.5 Å². The van der Waals surface area contributed by atoms with Crippen LogP contribution < -0.4 is 0 Å². The van der Waals surface area contributed by atoms with Crippen molar-refractivity contribution >= 4 is 5.71 Å². The molecule has 3 heteroatoms. The number of hydrogen-bond donors (Lipinski definition) is 1. The Morgan fingerprint density at radius 1 is 1.38 bits per heavy atom. The minimum atomic E-state index is 0.551. The molecule has 0 radical (unpaired) electrons. The average molecular weight is 182 g/mol. The Hall–Kier alpha value is -0.570. The van der Waals surface area contributed by atoms with E-state index < -0.39 is 0 Å². The zero-order chi connectivity index (χ0) is 9.26. The quantitative estimate of drug-likeness (QED) is 0.519. The highest BCUT2D eigenvalue weighted by molar-refractivity contribution is 5.91. The van der Waals surface area contributed by atoms with Crippen LogP contribution >= 0.6 is 0 Å². The Morgan fingerprint density at radius 2 is 2.00 bits per heavy atom. The summed E-state index contributed by atoms with van der Waals surface area (Å²) in [6, 6.07) is 0. The van der Waals surface area contributed by atoms with Gasteiger partial charge in [0.1, 0.15) is 0 Å². The molecule has 1 saturated heterocycles. The molecule has 2 aliphatic rings. The van der Waals surface area contributed by atoms with Gasteiger partial charge in [0.05, 0.1) is 5.71 Å². The van der Waals surface area contributed by atoms with E-state index in [2.05, 4.69) is 17.0 Å². The molecule has 1 aliphatic heterocycles. The first-order valence-corrected chi connectivity index (χ1v) is 5.29. The molecular formula is C10H18N2O. The molecule has 2 fully saturated rings. The maximum absolute atomic E-state index is 8.86. The van der Waals surface area contributed by atoms with Gasteiger partial charge in [0, 0.05) is 24.9 Å². The summed E-state index contributed by atoms with van der Waals surface area (Å²) in [5.41, 5.74) is 1.08. The number of likely N-dealkylation sites (tertiary alicyclic amines) is 1. The van der Waals surface area contributed by atoms with E-state index in [9.17, 15) is 0 Å². The second kappa shape index (κ2) is 3.66. The van der Waals surface area contributed by atoms with Crippen molar-refractivity contribution in [1.29, 1.82) is 0 Å². The average Bonchev–Trinajstić information content (AvgIpc) is 2.37. The minimum absolute atomic E-state index is 0.551. The molecule has 1 saturated carbocycles. The van der Waals surface area contributed by atoms with Crippen LogP contribution in [0.1, 0.15) is 26.2 Å². The van der Waals surface area contributed by atoms with Crippen molar-refractivity contribution in [2.45, 2.75) is 26.2 Å². The van der Waals surface area contributed by atoms with Crippen LogP contribution in [0.5, 0.6) is 0 Å². The summed E-state index contributed by atoms with van der Waals surface area (Å²) in [6.07, 6.45) is 3.68. The number of piperidine rings is 1. The number of oxime groups is 1. The van der Waals surface area contributed by atoms with E-state index in [1.807, 2.05) is 0 Å². The SMILES string of the molecule is CCCN1CC2CCC(C1)C2=NO. The van der Waals surface area contributed by atoms with Gasteiger partial charge in [0.15, 0.2) is 0 Å². The fourth-order valence-corrected chi connectivity index (χ4v) is 2.76. The predicted molar refractivity (Wildman–Crippen MR) is 52.2 cm³/mol. The Labute approximate surface area is 79.4 Å². The first-order chi connectivity index (χ1) is 6.35. The molecule has 1 N–H and O–H groups in total. The lowest BCUT2D eigenvalue weighted by Gasteiger charge is -2.31. The highest BCUT2D eigenvalue weighted by Gasteiger charge is 2.38. The molecule has 1 aliphatic carbocycles. The van der Waals surface area contributed by atoms with Gasteiger partial charge in [-0.05, 0) is 25.8 Å². The highest BCUT2D eigenvalue weighted by atomic mass is 16.4. The third kappa shape index (κ3) is 1.57. The zero-order valence-electron chi connectivity index (χ0n) is 8.24. The van der Waals surface area contributed by atoms with E-state index in [0.717, 1.165) is 18.8 Å². The summed E-state index contributed by atoms with van der Waals surface area (Å²) in [6.45, 7) is 5.65. The minimum Gasteiger partial charge on any atom is -0.411 e. The standard InChI is InChI=1S/C10H18N2O/c1-2-5-12-6-8-3-4-9(7-12)10(8)11-13/h8-9,13H,2-7H2,1H3. The second-order valence-corrected chi connectivity index (χ2v) is 4.26. The van der Waals surface area contributed by atoms with E-state index in [4.69, 9.17) is 5.21 Å². The van der Waals surface area contributed by atoms with E-state index >= 15 is 0 Å². The van der Waals surface area contributed by atoms with Crippen molar-refractivity contribution in [3.63, 3.8) is 0 Å². The summed E-state index contributed by atoms with van der Waals surface area (Å²) < 4.78 is 0. The van der Waals surface area contributed by atoms with Crippen LogP contribution in [0.2, 0.25) is 0 Å². The van der Waals surface area contributed by atoms with E-state index in [1.54, 1.807) is 0 Å². The summed E-state index contributed by atoms with van der Waals surface area (Å²) in [5.74, 6) is 1.10. The molecule has 0 amide bonds. The Balaban J connectivity index is 2.02. The van der Waals surface area contributed by atoms with Gasteiger partial charge < -0.3 is 10.1 Å². The Morgan fingerprint density at radius 3 is 2.46 bits per heavy atom. The molecule has 2 rings (SSSR count). The van der Waals surface area contributed by atoms with Crippen molar-refractivity contribution in [3.05, 3.63) is 0 Å². The number of nitrogens with zero attached hydrogens (tertiary/aromatic N) is 2. The molecule has 2 atom stereocenters. The lowest BCUT2D eigenvalue weighted by Crippen LogP contribution is -2.42. The molecule has 74 valence electrons. The second-order valence-electron chi connectivity index (χ2n) is 4.26. The van der Waals surface area contributed by atoms with Crippen molar-refractivity contribution in [2.24, 2.45) is 17.0 Å². The first-order valence-electron chi connectivity index (χ1n) is 5.29. The smallest absolute Gasteiger partial charge is 0.0657 e. The summed E-state index contributed by atoms with van der Waals surface area (Å²) >= 11 is 0. The van der Waals surface area contributed by atoms with Crippen LogP contribution in [0.25, 0.3) is 0 Å². The van der Waals surface area contributed by atoms with E-state index in [1.165, 1.54) is 25.8 Å². The van der Waals surface area contributed by atoms with Crippen molar-refractivity contribution < 1.29 is 5.21 Å². The molecule has 0 aromatic heterocycles. The van der Waals surface area contributed by atoms with Crippen LogP contribution in [-0.2, 0) is 0 Å². The zero-order valence-corrected chi connectivity index (χ0v) is 8.24. The monoisotopic (exact) mass is 182 g/mol. The molecule has 3 nitrogen and oxygen atoms in total. The molecule has 0 aromatic carbocycles. The molecule has 2 bridgehead atoms. The topological polar surface area (TPSA) is 35.8 Å². The molecular weight excluding hydrogens is 164 g/mol. The van der Waals surface area contributed by atoms with Gasteiger partial charge >= 0.3 is 0 Å². The van der Waals surface area contributed by atoms with Crippen LogP contribution in [0.3, 0.4) is 0 Å². The van der Waals surface area contributed by atoms with Crippen LogP contribution in [0.15, 0.2) is 5.16 Å². The number of rotatable bonds is 2. The van der Waals surface area contributed by atoms with E-state index in [0.29, 0.717) is 11.8 Å². The summed E-state index contributed by atoms with van der Waals surface area (Å²) in [4.78, 5) is 2.51. The predicted octanol–water partition coefficient (Wildman–Crippen LogP) is 1.57. The van der Waals surface area contributed by atoms with Gasteiger partial charge in [-0.3, -0.25) is 0 Å². The number of hydrogen-bond acceptors (Lipinski definition) is 3. The first kappa shape index (κ1) is 9.00. The van der Waals surface area contributed by atoms with E-state index in [-0.39, 0.29) is 0 Å². The lowest BCUT2D eigenvalue weighted by atomic mass is 9.96. The third-order valence-electron chi connectivity index (χ3n) is 3.31.